The number of carbonyl (C=O) groups excluding carboxylic acids is 2. The van der Waals surface area contributed by atoms with Crippen molar-refractivity contribution in [1.82, 2.24) is 9.47 Å². The summed E-state index contributed by atoms with van der Waals surface area (Å²) < 4.78 is 7.41. The highest BCUT2D eigenvalue weighted by atomic mass is 79.9. The Balaban J connectivity index is 2.57. The fraction of sp³-hybridized carbons (Fsp3) is 0.500. The van der Waals surface area contributed by atoms with Gasteiger partial charge in [0.25, 0.3) is 5.91 Å². The van der Waals surface area contributed by atoms with Gasteiger partial charge in [-0.2, -0.15) is 0 Å². The summed E-state index contributed by atoms with van der Waals surface area (Å²) in [7, 11) is 3.47. The van der Waals surface area contributed by atoms with Gasteiger partial charge in [0.05, 0.1) is 13.0 Å². The average molecular weight is 317 g/mol. The van der Waals surface area contributed by atoms with Crippen molar-refractivity contribution in [3.63, 3.8) is 0 Å². The van der Waals surface area contributed by atoms with E-state index in [2.05, 4.69) is 15.9 Å². The van der Waals surface area contributed by atoms with E-state index in [-0.39, 0.29) is 18.3 Å². The van der Waals surface area contributed by atoms with Crippen molar-refractivity contribution < 1.29 is 14.3 Å². The molecule has 1 aromatic rings. The molecule has 0 unspecified atom stereocenters. The van der Waals surface area contributed by atoms with Crippen LogP contribution in [0.5, 0.6) is 0 Å². The van der Waals surface area contributed by atoms with Crippen LogP contribution < -0.4 is 0 Å². The van der Waals surface area contributed by atoms with Crippen molar-refractivity contribution >= 4 is 27.8 Å². The molecule has 0 aliphatic carbocycles. The first kappa shape index (κ1) is 14.8. The molecule has 18 heavy (non-hydrogen) atoms. The van der Waals surface area contributed by atoms with Crippen molar-refractivity contribution in [2.75, 3.05) is 20.2 Å². The van der Waals surface area contributed by atoms with E-state index < -0.39 is 0 Å². The van der Waals surface area contributed by atoms with Crippen LogP contribution in [0.2, 0.25) is 0 Å². The predicted octanol–water partition coefficient (Wildman–Crippen LogP) is 1.81. The third kappa shape index (κ3) is 3.87. The number of aryl methyl sites for hydroxylation is 1. The van der Waals surface area contributed by atoms with Gasteiger partial charge in [-0.15, -0.1) is 0 Å². The molecule has 0 N–H and O–H groups in total. The highest BCUT2D eigenvalue weighted by Gasteiger charge is 2.16. The maximum Gasteiger partial charge on any atom is 0.307 e. The van der Waals surface area contributed by atoms with Crippen molar-refractivity contribution in [2.24, 2.45) is 7.05 Å². The predicted molar refractivity (Wildman–Crippen MR) is 71.3 cm³/mol. The molecule has 0 saturated carbocycles. The number of halogens is 1. The molecule has 0 aliphatic heterocycles. The number of carbonyl (C=O) groups is 2. The quantitative estimate of drug-likeness (QED) is 0.778. The van der Waals surface area contributed by atoms with Gasteiger partial charge in [-0.3, -0.25) is 9.59 Å². The Bertz CT molecular complexity index is 443. The minimum atomic E-state index is -0.287. The maximum absolute atomic E-state index is 12.1. The van der Waals surface area contributed by atoms with E-state index in [0.29, 0.717) is 18.8 Å². The first-order chi connectivity index (χ1) is 8.45. The van der Waals surface area contributed by atoms with Gasteiger partial charge in [-0.05, 0) is 28.9 Å². The van der Waals surface area contributed by atoms with Gasteiger partial charge in [0.2, 0.25) is 0 Å². The molecule has 1 heterocycles. The number of hydrogen-bond donors (Lipinski definition) is 0. The normalized spacial score (nSPS) is 10.2. The molecule has 0 atom stereocenters. The zero-order valence-corrected chi connectivity index (χ0v) is 12.4. The molecule has 6 heteroatoms. The van der Waals surface area contributed by atoms with Crippen LogP contribution in [0, 0.1) is 0 Å². The van der Waals surface area contributed by atoms with E-state index in [1.165, 1.54) is 4.90 Å². The van der Waals surface area contributed by atoms with Crippen LogP contribution in [0.15, 0.2) is 16.7 Å². The summed E-state index contributed by atoms with van der Waals surface area (Å²) in [5.74, 6) is -0.405. The Kier molecular flexibility index (Phi) is 5.40. The van der Waals surface area contributed by atoms with E-state index in [1.807, 2.05) is 6.20 Å². The van der Waals surface area contributed by atoms with Gasteiger partial charge in [0.1, 0.15) is 5.69 Å². The number of amides is 1. The van der Waals surface area contributed by atoms with Crippen LogP contribution >= 0.6 is 15.9 Å². The van der Waals surface area contributed by atoms with Gasteiger partial charge in [-0.1, -0.05) is 0 Å². The fourth-order valence-electron chi connectivity index (χ4n) is 1.53. The van der Waals surface area contributed by atoms with Gasteiger partial charge in [0, 0.05) is 31.3 Å². The Morgan fingerprint density at radius 3 is 2.67 bits per heavy atom. The molecule has 0 aliphatic rings. The molecule has 1 rings (SSSR count). The van der Waals surface area contributed by atoms with Gasteiger partial charge >= 0.3 is 5.97 Å². The third-order valence-corrected chi connectivity index (χ3v) is 2.93. The molecule has 5 nitrogen and oxygen atoms in total. The summed E-state index contributed by atoms with van der Waals surface area (Å²) in [4.78, 5) is 24.8. The summed E-state index contributed by atoms with van der Waals surface area (Å²) in [5.41, 5.74) is 0.577. The van der Waals surface area contributed by atoms with E-state index in [0.717, 1.165) is 4.47 Å². The molecular weight excluding hydrogens is 300 g/mol. The lowest BCUT2D eigenvalue weighted by atomic mass is 10.3. The number of rotatable bonds is 5. The van der Waals surface area contributed by atoms with Crippen molar-refractivity contribution in [2.45, 2.75) is 13.3 Å². The maximum atomic E-state index is 12.1. The smallest absolute Gasteiger partial charge is 0.307 e. The number of esters is 1. The molecule has 1 amide bonds. The van der Waals surface area contributed by atoms with E-state index in [9.17, 15) is 9.59 Å². The highest BCUT2D eigenvalue weighted by Crippen LogP contribution is 2.15. The van der Waals surface area contributed by atoms with Gasteiger partial charge in [-0.25, -0.2) is 0 Å². The minimum Gasteiger partial charge on any atom is -0.466 e. The van der Waals surface area contributed by atoms with Crippen molar-refractivity contribution in [3.8, 4) is 0 Å². The third-order valence-electron chi connectivity index (χ3n) is 2.49. The Labute approximate surface area is 115 Å². The fourth-order valence-corrected chi connectivity index (χ4v) is 2.05. The molecule has 0 fully saturated rings. The molecule has 100 valence electrons. The van der Waals surface area contributed by atoms with Crippen LogP contribution in [0.4, 0.5) is 0 Å². The van der Waals surface area contributed by atoms with E-state index >= 15 is 0 Å². The van der Waals surface area contributed by atoms with Crippen LogP contribution in [0.25, 0.3) is 0 Å². The van der Waals surface area contributed by atoms with E-state index in [4.69, 9.17) is 4.74 Å². The average Bonchev–Trinajstić information content (AvgIpc) is 2.64. The molecule has 0 aromatic carbocycles. The molecular formula is C12H17BrN2O3. The molecule has 0 radical (unpaired) electrons. The highest BCUT2D eigenvalue weighted by molar-refractivity contribution is 9.10. The summed E-state index contributed by atoms with van der Waals surface area (Å²) in [6.07, 6.45) is 2.02. The first-order valence-corrected chi connectivity index (χ1v) is 6.48. The standard InChI is InChI=1S/C12H17BrN2O3/c1-4-18-11(16)5-6-14(2)12(17)10-7-9(13)8-15(10)3/h7-8H,4-6H2,1-3H3. The van der Waals surface area contributed by atoms with Crippen LogP contribution in [0.3, 0.4) is 0 Å². The Morgan fingerprint density at radius 1 is 1.50 bits per heavy atom. The molecule has 0 bridgehead atoms. The lowest BCUT2D eigenvalue weighted by Crippen LogP contribution is -2.30. The summed E-state index contributed by atoms with van der Waals surface area (Å²) in [6.45, 7) is 2.47. The van der Waals surface area contributed by atoms with Crippen LogP contribution in [-0.4, -0.2) is 41.5 Å². The number of hydrogen-bond acceptors (Lipinski definition) is 3. The zero-order valence-electron chi connectivity index (χ0n) is 10.8. The van der Waals surface area contributed by atoms with Crippen LogP contribution in [-0.2, 0) is 16.6 Å². The second-order valence-corrected chi connectivity index (χ2v) is 4.85. The van der Waals surface area contributed by atoms with Gasteiger partial charge < -0.3 is 14.2 Å². The Morgan fingerprint density at radius 2 is 2.17 bits per heavy atom. The summed E-state index contributed by atoms with van der Waals surface area (Å²) >= 11 is 3.32. The van der Waals surface area contributed by atoms with Crippen LogP contribution in [0.1, 0.15) is 23.8 Å². The van der Waals surface area contributed by atoms with Crippen molar-refractivity contribution in [1.29, 1.82) is 0 Å². The lowest BCUT2D eigenvalue weighted by molar-refractivity contribution is -0.143. The first-order valence-electron chi connectivity index (χ1n) is 5.68. The lowest BCUT2D eigenvalue weighted by Gasteiger charge is -2.16. The number of nitrogens with zero attached hydrogens (tertiary/aromatic N) is 2. The number of ether oxygens (including phenoxy) is 1. The van der Waals surface area contributed by atoms with Gasteiger partial charge in [0.15, 0.2) is 0 Å². The zero-order chi connectivity index (χ0) is 13.7. The van der Waals surface area contributed by atoms with E-state index in [1.54, 1.807) is 31.7 Å². The topological polar surface area (TPSA) is 51.5 Å². The molecule has 0 saturated heterocycles. The van der Waals surface area contributed by atoms with Crippen molar-refractivity contribution in [3.05, 3.63) is 22.4 Å². The second kappa shape index (κ2) is 6.58. The molecule has 0 spiro atoms. The Hall–Kier alpha value is -1.30. The summed E-state index contributed by atoms with van der Waals surface area (Å²) in [5, 5.41) is 0. The number of aromatic nitrogens is 1. The summed E-state index contributed by atoms with van der Waals surface area (Å²) in [6, 6.07) is 1.75. The monoisotopic (exact) mass is 316 g/mol. The molecule has 1 aromatic heterocycles. The largest absolute Gasteiger partial charge is 0.466 e. The minimum absolute atomic E-state index is 0.118. The SMILES string of the molecule is CCOC(=O)CCN(C)C(=O)c1cc(Br)cn1C. The second-order valence-electron chi connectivity index (χ2n) is 3.94.